The maximum atomic E-state index is 5.86. The molecule has 1 rings (SSSR count). The van der Waals surface area contributed by atoms with Gasteiger partial charge < -0.3 is 15.4 Å². The number of halogens is 1. The molecule has 2 N–H and O–H groups in total. The summed E-state index contributed by atoms with van der Waals surface area (Å²) in [6, 6.07) is 8.10. The van der Waals surface area contributed by atoms with Crippen LogP contribution < -0.4 is 15.4 Å². The van der Waals surface area contributed by atoms with Crippen LogP contribution in [-0.4, -0.2) is 43.7 Å². The molecule has 1 aromatic carbocycles. The molecular formula is C16H28IN3OS. The van der Waals surface area contributed by atoms with Crippen LogP contribution in [0.3, 0.4) is 0 Å². The van der Waals surface area contributed by atoms with Crippen molar-refractivity contribution in [2.24, 2.45) is 4.99 Å². The van der Waals surface area contributed by atoms with Gasteiger partial charge in [0.2, 0.25) is 0 Å². The molecule has 22 heavy (non-hydrogen) atoms. The summed E-state index contributed by atoms with van der Waals surface area (Å²) in [6.07, 6.45) is 2.15. The smallest absolute Gasteiger partial charge is 0.191 e. The molecule has 1 atom stereocenters. The van der Waals surface area contributed by atoms with E-state index in [1.807, 2.05) is 30.8 Å². The minimum absolute atomic E-state index is 0. The van der Waals surface area contributed by atoms with E-state index in [0.29, 0.717) is 6.54 Å². The molecule has 0 heterocycles. The van der Waals surface area contributed by atoms with E-state index < -0.39 is 0 Å². The Morgan fingerprint density at radius 2 is 1.95 bits per heavy atom. The SMILES string of the molecule is CCNC(=NCC(C)Oc1ccc(C)cc1)NCCSC.I. The molecule has 0 radical (unpaired) electrons. The van der Waals surface area contributed by atoms with Crippen molar-refractivity contribution >= 4 is 41.7 Å². The number of aliphatic imine (C=N–C) groups is 1. The van der Waals surface area contributed by atoms with Gasteiger partial charge in [0.25, 0.3) is 0 Å². The third-order valence-electron chi connectivity index (χ3n) is 2.81. The number of thioether (sulfide) groups is 1. The Labute approximate surface area is 155 Å². The van der Waals surface area contributed by atoms with Crippen molar-refractivity contribution < 1.29 is 4.74 Å². The summed E-state index contributed by atoms with van der Waals surface area (Å²) in [5.41, 5.74) is 1.24. The maximum absolute atomic E-state index is 5.86. The Hall–Kier alpha value is -0.630. The van der Waals surface area contributed by atoms with Crippen molar-refractivity contribution in [3.63, 3.8) is 0 Å². The van der Waals surface area contributed by atoms with Crippen molar-refractivity contribution in [3.8, 4) is 5.75 Å². The number of aryl methyl sites for hydroxylation is 1. The first kappa shape index (κ1) is 21.4. The van der Waals surface area contributed by atoms with E-state index in [9.17, 15) is 0 Å². The highest BCUT2D eigenvalue weighted by Gasteiger charge is 2.04. The number of guanidine groups is 1. The highest BCUT2D eigenvalue weighted by Crippen LogP contribution is 2.13. The molecule has 1 aromatic rings. The quantitative estimate of drug-likeness (QED) is 0.284. The standard InChI is InChI=1S/C16H27N3OS.HI/c1-5-17-16(18-10-11-21-4)19-12-14(3)20-15-8-6-13(2)7-9-15;/h6-9,14H,5,10-12H2,1-4H3,(H2,17,18,19);1H. The van der Waals surface area contributed by atoms with Gasteiger partial charge in [0, 0.05) is 18.8 Å². The average Bonchev–Trinajstić information content (AvgIpc) is 2.47. The molecule has 0 fully saturated rings. The van der Waals surface area contributed by atoms with Crippen LogP contribution in [0, 0.1) is 6.92 Å². The van der Waals surface area contributed by atoms with E-state index in [1.54, 1.807) is 0 Å². The van der Waals surface area contributed by atoms with E-state index in [-0.39, 0.29) is 30.1 Å². The lowest BCUT2D eigenvalue weighted by atomic mass is 10.2. The molecule has 4 nitrogen and oxygen atoms in total. The van der Waals surface area contributed by atoms with Gasteiger partial charge in [-0.2, -0.15) is 11.8 Å². The van der Waals surface area contributed by atoms with Gasteiger partial charge in [0.05, 0.1) is 6.54 Å². The highest BCUT2D eigenvalue weighted by atomic mass is 127. The molecule has 0 aliphatic rings. The zero-order valence-electron chi connectivity index (χ0n) is 13.9. The van der Waals surface area contributed by atoms with Crippen molar-refractivity contribution in [1.82, 2.24) is 10.6 Å². The second-order valence-corrected chi connectivity index (χ2v) is 5.87. The summed E-state index contributed by atoms with van der Waals surface area (Å²) in [5, 5.41) is 6.55. The molecular weight excluding hydrogens is 409 g/mol. The molecule has 0 saturated heterocycles. The maximum Gasteiger partial charge on any atom is 0.191 e. The third-order valence-corrected chi connectivity index (χ3v) is 3.42. The van der Waals surface area contributed by atoms with E-state index >= 15 is 0 Å². The molecule has 0 spiro atoms. The van der Waals surface area contributed by atoms with E-state index in [4.69, 9.17) is 4.74 Å². The van der Waals surface area contributed by atoms with Crippen LogP contribution in [0.4, 0.5) is 0 Å². The third kappa shape index (κ3) is 9.40. The summed E-state index contributed by atoms with van der Waals surface area (Å²) < 4.78 is 5.86. The fourth-order valence-corrected chi connectivity index (χ4v) is 2.03. The monoisotopic (exact) mass is 437 g/mol. The van der Waals surface area contributed by atoms with Crippen LogP contribution in [0.1, 0.15) is 19.4 Å². The van der Waals surface area contributed by atoms with Crippen LogP contribution in [-0.2, 0) is 0 Å². The van der Waals surface area contributed by atoms with Crippen LogP contribution in [0.5, 0.6) is 5.75 Å². The van der Waals surface area contributed by atoms with E-state index in [1.165, 1.54) is 5.56 Å². The zero-order chi connectivity index (χ0) is 15.5. The van der Waals surface area contributed by atoms with Gasteiger partial charge in [-0.1, -0.05) is 17.7 Å². The molecule has 126 valence electrons. The number of rotatable bonds is 8. The number of nitrogens with zero attached hydrogens (tertiary/aromatic N) is 1. The summed E-state index contributed by atoms with van der Waals surface area (Å²) >= 11 is 1.82. The lowest BCUT2D eigenvalue weighted by molar-refractivity contribution is 0.230. The van der Waals surface area contributed by atoms with Crippen molar-refractivity contribution in [1.29, 1.82) is 0 Å². The summed E-state index contributed by atoms with van der Waals surface area (Å²) in [4.78, 5) is 4.56. The first-order chi connectivity index (χ1) is 10.2. The lowest BCUT2D eigenvalue weighted by Gasteiger charge is -2.15. The number of ether oxygens (including phenoxy) is 1. The largest absolute Gasteiger partial charge is 0.489 e. The van der Waals surface area contributed by atoms with Crippen LogP contribution in [0.15, 0.2) is 29.3 Å². The Morgan fingerprint density at radius 1 is 1.27 bits per heavy atom. The Morgan fingerprint density at radius 3 is 2.55 bits per heavy atom. The molecule has 0 aliphatic carbocycles. The number of nitrogens with one attached hydrogen (secondary N) is 2. The highest BCUT2D eigenvalue weighted by molar-refractivity contribution is 14.0. The number of hydrogen-bond acceptors (Lipinski definition) is 3. The van der Waals surface area contributed by atoms with Crippen LogP contribution in [0.2, 0.25) is 0 Å². The zero-order valence-corrected chi connectivity index (χ0v) is 17.0. The number of hydrogen-bond donors (Lipinski definition) is 2. The second-order valence-electron chi connectivity index (χ2n) is 4.88. The predicted octanol–water partition coefficient (Wildman–Crippen LogP) is 3.30. The summed E-state index contributed by atoms with van der Waals surface area (Å²) in [5.74, 6) is 2.81. The van der Waals surface area contributed by atoms with E-state index in [0.717, 1.165) is 30.6 Å². The summed E-state index contributed by atoms with van der Waals surface area (Å²) in [6.45, 7) is 8.58. The molecule has 6 heteroatoms. The first-order valence-electron chi connectivity index (χ1n) is 7.40. The van der Waals surface area contributed by atoms with Gasteiger partial charge >= 0.3 is 0 Å². The fraction of sp³-hybridized carbons (Fsp3) is 0.562. The van der Waals surface area contributed by atoms with Gasteiger partial charge in [-0.15, -0.1) is 24.0 Å². The van der Waals surface area contributed by atoms with Crippen molar-refractivity contribution in [2.45, 2.75) is 26.9 Å². The molecule has 1 unspecified atom stereocenters. The minimum Gasteiger partial charge on any atom is -0.489 e. The lowest BCUT2D eigenvalue weighted by Crippen LogP contribution is -2.39. The predicted molar refractivity (Wildman–Crippen MR) is 109 cm³/mol. The molecule has 0 amide bonds. The van der Waals surface area contributed by atoms with Gasteiger partial charge in [-0.3, -0.25) is 0 Å². The van der Waals surface area contributed by atoms with Crippen molar-refractivity contribution in [3.05, 3.63) is 29.8 Å². The van der Waals surface area contributed by atoms with E-state index in [2.05, 4.69) is 47.9 Å². The van der Waals surface area contributed by atoms with Gasteiger partial charge in [-0.05, 0) is 39.2 Å². The molecule has 0 bridgehead atoms. The Bertz CT molecular complexity index is 426. The van der Waals surface area contributed by atoms with Crippen LogP contribution >= 0.6 is 35.7 Å². The van der Waals surface area contributed by atoms with Gasteiger partial charge in [-0.25, -0.2) is 4.99 Å². The van der Waals surface area contributed by atoms with Crippen molar-refractivity contribution in [2.75, 3.05) is 31.6 Å². The average molecular weight is 437 g/mol. The fourth-order valence-electron chi connectivity index (χ4n) is 1.72. The number of benzene rings is 1. The van der Waals surface area contributed by atoms with Gasteiger partial charge in [0.1, 0.15) is 11.9 Å². The van der Waals surface area contributed by atoms with Crippen LogP contribution in [0.25, 0.3) is 0 Å². The molecule has 0 aromatic heterocycles. The minimum atomic E-state index is 0. The molecule has 0 saturated carbocycles. The normalized spacial score (nSPS) is 12.3. The molecule has 0 aliphatic heterocycles. The summed E-state index contributed by atoms with van der Waals surface area (Å²) in [7, 11) is 0. The first-order valence-corrected chi connectivity index (χ1v) is 8.79. The second kappa shape index (κ2) is 12.9. The van der Waals surface area contributed by atoms with Gasteiger partial charge in [0.15, 0.2) is 5.96 Å². The topological polar surface area (TPSA) is 45.7 Å². The Kier molecular flexibility index (Phi) is 12.5. The Balaban J connectivity index is 0.00000441.